The van der Waals surface area contributed by atoms with Crippen LogP contribution in [0.3, 0.4) is 0 Å². The zero-order chi connectivity index (χ0) is 23.9. The average molecular weight is 471 g/mol. The van der Waals surface area contributed by atoms with Gasteiger partial charge in [0, 0.05) is 22.9 Å². The van der Waals surface area contributed by atoms with Gasteiger partial charge < -0.3 is 14.7 Å². The molecule has 2 unspecified atom stereocenters. The summed E-state index contributed by atoms with van der Waals surface area (Å²) < 4.78 is 18.8. The number of hydrogen-bond donors (Lipinski definition) is 1. The number of nitro benzene ring substituents is 1. The normalized spacial score (nSPS) is 23.5. The molecule has 0 spiro atoms. The Morgan fingerprint density at radius 1 is 1.21 bits per heavy atom. The second-order valence-corrected chi connectivity index (χ2v) is 9.50. The van der Waals surface area contributed by atoms with E-state index in [1.807, 2.05) is 0 Å². The summed E-state index contributed by atoms with van der Waals surface area (Å²) in [5, 5.41) is 20.9. The number of carbonyl (C=O) groups excluding carboxylic acids is 2. The van der Waals surface area contributed by atoms with Crippen LogP contribution in [-0.4, -0.2) is 43.2 Å². The third kappa shape index (κ3) is 3.96. The number of benzene rings is 2. The van der Waals surface area contributed by atoms with E-state index in [4.69, 9.17) is 4.74 Å². The maximum Gasteiger partial charge on any atom is 0.356 e. The molecule has 172 valence electrons. The number of nitrogens with zero attached hydrogens (tertiary/aromatic N) is 2. The van der Waals surface area contributed by atoms with Gasteiger partial charge in [-0.1, -0.05) is 25.1 Å². The largest absolute Gasteiger partial charge is 0.456 e. The number of hydrogen-bond acceptors (Lipinski definition) is 7. The van der Waals surface area contributed by atoms with Crippen LogP contribution in [0.5, 0.6) is 0 Å². The Hall–Kier alpha value is -3.37. The number of amides is 1. The predicted molar refractivity (Wildman–Crippen MR) is 118 cm³/mol. The first-order valence-corrected chi connectivity index (χ1v) is 11.5. The van der Waals surface area contributed by atoms with Gasteiger partial charge >= 0.3 is 5.97 Å². The molecule has 2 aliphatic heterocycles. The number of aliphatic hydroxyl groups excluding tert-OH is 1. The lowest BCUT2D eigenvalue weighted by molar-refractivity contribution is -0.384. The molecule has 0 saturated carbocycles. The Labute approximate surface area is 192 Å². The lowest BCUT2D eigenvalue weighted by Gasteiger charge is -2.46. The molecule has 0 radical (unpaired) electrons. The zero-order valence-corrected chi connectivity index (χ0v) is 18.7. The van der Waals surface area contributed by atoms with Crippen LogP contribution in [-0.2, 0) is 31.7 Å². The van der Waals surface area contributed by atoms with Crippen molar-refractivity contribution in [1.82, 2.24) is 4.90 Å². The summed E-state index contributed by atoms with van der Waals surface area (Å²) in [5.74, 6) is -2.34. The molecule has 1 amide bonds. The summed E-state index contributed by atoms with van der Waals surface area (Å²) in [4.78, 5) is 38.3. The van der Waals surface area contributed by atoms with Crippen molar-refractivity contribution >= 4 is 28.4 Å². The van der Waals surface area contributed by atoms with Crippen LogP contribution in [0, 0.1) is 22.0 Å². The van der Waals surface area contributed by atoms with Gasteiger partial charge in [0.25, 0.3) is 5.69 Å². The number of rotatable bonds is 7. The Bertz CT molecular complexity index is 1160. The number of nitro groups is 1. The second kappa shape index (κ2) is 8.87. The van der Waals surface area contributed by atoms with Crippen LogP contribution in [0.15, 0.2) is 70.1 Å². The smallest absolute Gasteiger partial charge is 0.356 e. The molecule has 33 heavy (non-hydrogen) atoms. The lowest BCUT2D eigenvalue weighted by atomic mass is 9.79. The molecular weight excluding hydrogens is 448 g/mol. The van der Waals surface area contributed by atoms with Crippen molar-refractivity contribution in [1.29, 1.82) is 0 Å². The van der Waals surface area contributed by atoms with Crippen LogP contribution >= 0.6 is 0 Å². The predicted octanol–water partition coefficient (Wildman–Crippen LogP) is 2.51. The molecule has 5 atom stereocenters. The minimum absolute atomic E-state index is 0.0569. The van der Waals surface area contributed by atoms with Crippen molar-refractivity contribution < 1.29 is 28.6 Å². The zero-order valence-electron chi connectivity index (χ0n) is 17.9. The fraction of sp³-hybridized carbons (Fsp3) is 0.304. The Morgan fingerprint density at radius 3 is 2.42 bits per heavy atom. The fourth-order valence-corrected chi connectivity index (χ4v) is 5.86. The minimum Gasteiger partial charge on any atom is -0.456 e. The second-order valence-electron chi connectivity index (χ2n) is 8.05. The molecule has 2 heterocycles. The Kier molecular flexibility index (Phi) is 6.13. The van der Waals surface area contributed by atoms with E-state index in [-0.39, 0.29) is 22.9 Å². The van der Waals surface area contributed by atoms with Crippen LogP contribution in [0.1, 0.15) is 19.4 Å². The van der Waals surface area contributed by atoms with Gasteiger partial charge in [-0.15, -0.1) is 0 Å². The van der Waals surface area contributed by atoms with E-state index >= 15 is 0 Å². The monoisotopic (exact) mass is 470 g/mol. The summed E-state index contributed by atoms with van der Waals surface area (Å²) in [5.41, 5.74) is 0.384. The molecule has 0 aromatic heterocycles. The third-order valence-corrected chi connectivity index (χ3v) is 7.64. The van der Waals surface area contributed by atoms with E-state index in [0.29, 0.717) is 10.5 Å². The summed E-state index contributed by atoms with van der Waals surface area (Å²) in [7, 11) is -1.71. The van der Waals surface area contributed by atoms with Crippen LogP contribution in [0.4, 0.5) is 5.69 Å². The number of non-ortho nitro benzene ring substituents is 1. The number of carbonyl (C=O) groups is 2. The highest BCUT2D eigenvalue weighted by Crippen LogP contribution is 2.49. The van der Waals surface area contributed by atoms with Gasteiger partial charge in [0.15, 0.2) is 0 Å². The quantitative estimate of drug-likeness (QED) is 0.285. The van der Waals surface area contributed by atoms with Crippen molar-refractivity contribution in [2.45, 2.75) is 37.5 Å². The van der Waals surface area contributed by atoms with E-state index in [1.54, 1.807) is 37.3 Å². The number of β-lactam (4-membered cyclic amide) rings is 1. The molecule has 0 bridgehead atoms. The van der Waals surface area contributed by atoms with Crippen molar-refractivity contribution in [3.05, 3.63) is 80.9 Å². The van der Waals surface area contributed by atoms with E-state index in [9.17, 15) is 29.0 Å². The van der Waals surface area contributed by atoms with E-state index in [0.717, 1.165) is 0 Å². The maximum atomic E-state index is 13.4. The summed E-state index contributed by atoms with van der Waals surface area (Å²) in [6, 6.07) is 13.7. The summed E-state index contributed by atoms with van der Waals surface area (Å²) in [6.07, 6.45) is -0.914. The highest BCUT2D eigenvalue weighted by molar-refractivity contribution is 7.89. The van der Waals surface area contributed by atoms with Gasteiger partial charge in [-0.3, -0.25) is 14.9 Å². The first-order valence-electron chi connectivity index (χ1n) is 10.3. The lowest BCUT2D eigenvalue weighted by Crippen LogP contribution is -2.63. The summed E-state index contributed by atoms with van der Waals surface area (Å²) in [6.45, 7) is 3.13. The topological polar surface area (TPSA) is 127 Å². The van der Waals surface area contributed by atoms with Gasteiger partial charge in [0.1, 0.15) is 12.3 Å². The Morgan fingerprint density at radius 2 is 1.85 bits per heavy atom. The molecule has 10 heteroatoms. The van der Waals surface area contributed by atoms with Crippen molar-refractivity contribution in [3.8, 4) is 0 Å². The number of fused-ring (bicyclic) bond motifs is 1. The molecule has 0 aliphatic carbocycles. The molecule has 4 rings (SSSR count). The number of aliphatic hydroxyl groups is 1. The molecule has 2 aromatic carbocycles. The standard InChI is InChI=1S/C23H22N2O7S/c1-13-19-18(14(2)26)22(27)24(19)20(21(13)33(31)17-6-4-3-5-7-17)23(28)32-12-15-8-10-16(11-9-15)25(29)30/h3-11,13-14,18-19,26H,12H2,1-2H3/t13?,14-,18-,19-,33?/m1/s1. The van der Waals surface area contributed by atoms with Crippen LogP contribution in [0.2, 0.25) is 0 Å². The molecule has 1 N–H and O–H groups in total. The molecule has 1 saturated heterocycles. The Balaban J connectivity index is 1.64. The molecule has 2 aliphatic rings. The van der Waals surface area contributed by atoms with Crippen molar-refractivity contribution in [2.24, 2.45) is 11.8 Å². The van der Waals surface area contributed by atoms with E-state index in [1.165, 1.54) is 36.1 Å². The van der Waals surface area contributed by atoms with Crippen LogP contribution < -0.4 is 0 Å². The van der Waals surface area contributed by atoms with Crippen molar-refractivity contribution in [2.75, 3.05) is 0 Å². The fourth-order valence-electron chi connectivity index (χ4n) is 4.36. The highest BCUT2D eigenvalue weighted by atomic mass is 32.2. The van der Waals surface area contributed by atoms with Crippen molar-refractivity contribution in [3.63, 3.8) is 0 Å². The molecule has 2 aromatic rings. The first-order chi connectivity index (χ1) is 15.7. The molecule has 1 fully saturated rings. The molecular formula is C23H22N2O7S. The van der Waals surface area contributed by atoms with E-state index < -0.39 is 51.6 Å². The SMILES string of the molecule is CC1C(S(=O)c2ccccc2)=C(C(=O)OCc2ccc([N+](=O)[O-])cc2)N2C(=O)[C@H]([C@@H](C)O)[C@@H]12. The number of esters is 1. The summed E-state index contributed by atoms with van der Waals surface area (Å²) >= 11 is 0. The molecule has 9 nitrogen and oxygen atoms in total. The minimum atomic E-state index is -1.71. The average Bonchev–Trinajstić information content (AvgIpc) is 3.06. The van der Waals surface area contributed by atoms with E-state index in [2.05, 4.69) is 0 Å². The first kappa shape index (κ1) is 22.8. The maximum absolute atomic E-state index is 13.4. The van der Waals surface area contributed by atoms with Gasteiger partial charge in [-0.2, -0.15) is 0 Å². The third-order valence-electron chi connectivity index (χ3n) is 5.98. The van der Waals surface area contributed by atoms with Crippen LogP contribution in [0.25, 0.3) is 0 Å². The van der Waals surface area contributed by atoms with Gasteiger partial charge in [0.05, 0.1) is 38.7 Å². The van der Waals surface area contributed by atoms with Gasteiger partial charge in [0.2, 0.25) is 5.91 Å². The highest BCUT2D eigenvalue weighted by Gasteiger charge is 2.61. The van der Waals surface area contributed by atoms with Gasteiger partial charge in [-0.25, -0.2) is 9.00 Å². The number of ether oxygens (including phenoxy) is 1. The van der Waals surface area contributed by atoms with Gasteiger partial charge in [-0.05, 0) is 36.8 Å².